The van der Waals surface area contributed by atoms with Crippen LogP contribution in [0.5, 0.6) is 5.75 Å². The van der Waals surface area contributed by atoms with Gasteiger partial charge in [-0.25, -0.2) is 9.78 Å². The number of quaternary nitrogens is 1. The van der Waals surface area contributed by atoms with Crippen LogP contribution in [-0.2, 0) is 16.2 Å². The molecule has 0 saturated heterocycles. The van der Waals surface area contributed by atoms with Crippen molar-refractivity contribution in [2.75, 3.05) is 19.8 Å². The molecular formula is C32H41N2O10+. The number of aliphatic hydroxyl groups is 5. The number of ether oxygens (including phenoxy) is 1. The van der Waals surface area contributed by atoms with Gasteiger partial charge in [-0.1, -0.05) is 12.8 Å². The summed E-state index contributed by atoms with van der Waals surface area (Å²) in [5.41, 5.74) is -1.26. The molecule has 1 aliphatic carbocycles. The Hall–Kier alpha value is -2.94. The lowest BCUT2D eigenvalue weighted by atomic mass is 9.78. The zero-order valence-corrected chi connectivity index (χ0v) is 24.9. The van der Waals surface area contributed by atoms with Crippen molar-refractivity contribution >= 4 is 16.7 Å². The third kappa shape index (κ3) is 5.54. The molecule has 2 aromatic rings. The summed E-state index contributed by atoms with van der Waals surface area (Å²) >= 11 is 0. The summed E-state index contributed by atoms with van der Waals surface area (Å²) in [6.45, 7) is 2.12. The van der Waals surface area contributed by atoms with Gasteiger partial charge in [0.15, 0.2) is 17.1 Å². The highest BCUT2D eigenvalue weighted by Gasteiger charge is 2.52. The summed E-state index contributed by atoms with van der Waals surface area (Å²) in [4.78, 5) is 29.2. The summed E-state index contributed by atoms with van der Waals surface area (Å²) in [6.07, 6.45) is 5.45. The quantitative estimate of drug-likeness (QED) is 0.148. The van der Waals surface area contributed by atoms with Gasteiger partial charge in [0, 0.05) is 36.7 Å². The molecule has 8 atom stereocenters. The summed E-state index contributed by atoms with van der Waals surface area (Å²) in [7, 11) is 0. The van der Waals surface area contributed by atoms with Gasteiger partial charge in [-0.3, -0.25) is 14.7 Å². The Morgan fingerprint density at radius 2 is 1.98 bits per heavy atom. The van der Waals surface area contributed by atoms with E-state index in [2.05, 4.69) is 4.99 Å². The van der Waals surface area contributed by atoms with Crippen LogP contribution in [0.3, 0.4) is 0 Å². The van der Waals surface area contributed by atoms with Crippen molar-refractivity contribution in [3.63, 3.8) is 0 Å². The van der Waals surface area contributed by atoms with Crippen molar-refractivity contribution < 1.29 is 49.4 Å². The molecule has 44 heavy (non-hydrogen) atoms. The van der Waals surface area contributed by atoms with Gasteiger partial charge in [0.2, 0.25) is 0 Å². The van der Waals surface area contributed by atoms with Gasteiger partial charge >= 0.3 is 0 Å². The fourth-order valence-electron chi connectivity index (χ4n) is 7.11. The largest absolute Gasteiger partial charge is 0.484 e. The average Bonchev–Trinajstić information content (AvgIpc) is 3.77. The van der Waals surface area contributed by atoms with E-state index in [0.717, 1.165) is 37.0 Å². The van der Waals surface area contributed by atoms with Crippen LogP contribution in [-0.4, -0.2) is 92.7 Å². The smallest absolute Gasteiger partial charge is 0.192 e. The van der Waals surface area contributed by atoms with Crippen LogP contribution >= 0.6 is 0 Å². The lowest BCUT2D eigenvalue weighted by Crippen LogP contribution is -3.13. The molecule has 3 aliphatic heterocycles. The first-order chi connectivity index (χ1) is 21.0. The number of aryl methyl sites for hydroxylation is 1. The number of aliphatic hydroxyl groups excluding tert-OH is 4. The Morgan fingerprint density at radius 3 is 2.73 bits per heavy atom. The minimum absolute atomic E-state index is 0.156. The number of fused-ring (bicyclic) bond motifs is 3. The summed E-state index contributed by atoms with van der Waals surface area (Å²) in [5, 5.41) is 53.9. The minimum atomic E-state index is -2.29. The van der Waals surface area contributed by atoms with E-state index in [-0.39, 0.29) is 23.9 Å². The van der Waals surface area contributed by atoms with Gasteiger partial charge in [-0.2, -0.15) is 0 Å². The molecule has 4 heterocycles. The van der Waals surface area contributed by atoms with Crippen LogP contribution in [0, 0.1) is 12.8 Å². The molecular weight excluding hydrogens is 572 g/mol. The Kier molecular flexibility index (Phi) is 8.54. The van der Waals surface area contributed by atoms with Gasteiger partial charge in [0.05, 0.1) is 18.2 Å². The van der Waals surface area contributed by atoms with Crippen LogP contribution in [0.25, 0.3) is 11.0 Å². The third-order valence-corrected chi connectivity index (χ3v) is 9.80. The molecule has 4 aliphatic rings. The highest BCUT2D eigenvalue weighted by atomic mass is 17.2. The van der Waals surface area contributed by atoms with E-state index in [9.17, 15) is 30.3 Å². The fraction of sp³-hybridized carbons (Fsp3) is 0.562. The second-order valence-electron chi connectivity index (χ2n) is 12.7. The van der Waals surface area contributed by atoms with Crippen LogP contribution in [0.1, 0.15) is 43.9 Å². The second-order valence-corrected chi connectivity index (χ2v) is 12.7. The minimum Gasteiger partial charge on any atom is -0.484 e. The molecule has 0 spiro atoms. The van der Waals surface area contributed by atoms with Gasteiger partial charge in [-0.05, 0) is 44.4 Å². The Bertz CT molecular complexity index is 1530. The molecule has 1 aromatic heterocycles. The highest BCUT2D eigenvalue weighted by molar-refractivity contribution is 6.02. The van der Waals surface area contributed by atoms with Gasteiger partial charge < -0.3 is 34.7 Å². The lowest BCUT2D eigenvalue weighted by molar-refractivity contribution is -0.861. The first-order valence-corrected chi connectivity index (χ1v) is 15.2. The highest BCUT2D eigenvalue weighted by Crippen LogP contribution is 2.45. The summed E-state index contributed by atoms with van der Waals surface area (Å²) in [5.74, 6) is 1.28. The molecule has 1 aromatic carbocycles. The van der Waals surface area contributed by atoms with Crippen molar-refractivity contribution in [3.05, 3.63) is 64.3 Å². The Labute approximate surface area is 254 Å². The number of hydrogen-bond acceptors (Lipinski definition) is 11. The first kappa shape index (κ1) is 31.1. The second kappa shape index (κ2) is 12.1. The van der Waals surface area contributed by atoms with Gasteiger partial charge in [0.1, 0.15) is 66.0 Å². The van der Waals surface area contributed by atoms with Crippen LogP contribution in [0.4, 0.5) is 0 Å². The lowest BCUT2D eigenvalue weighted by Gasteiger charge is -2.45. The molecule has 238 valence electrons. The monoisotopic (exact) mass is 613 g/mol. The number of hydrogen-bond donors (Lipinski definition) is 6. The van der Waals surface area contributed by atoms with Gasteiger partial charge in [-0.15, -0.1) is 0 Å². The maximum atomic E-state index is 12.7. The van der Waals surface area contributed by atoms with Crippen molar-refractivity contribution in [3.8, 4) is 5.75 Å². The molecule has 1 fully saturated rings. The van der Waals surface area contributed by atoms with Crippen LogP contribution in [0.15, 0.2) is 57.0 Å². The molecule has 6 rings (SSSR count). The van der Waals surface area contributed by atoms with E-state index >= 15 is 0 Å². The van der Waals surface area contributed by atoms with E-state index in [1.54, 1.807) is 37.5 Å². The zero-order valence-electron chi connectivity index (χ0n) is 24.9. The summed E-state index contributed by atoms with van der Waals surface area (Å²) in [6, 6.07) is 4.74. The van der Waals surface area contributed by atoms with Crippen molar-refractivity contribution in [1.82, 2.24) is 0 Å². The summed E-state index contributed by atoms with van der Waals surface area (Å²) < 4.78 is 12.4. The van der Waals surface area contributed by atoms with E-state index in [1.807, 2.05) is 13.0 Å². The maximum absolute atomic E-state index is 12.7. The molecule has 6 N–H and O–H groups in total. The topological polar surface area (TPSA) is 176 Å². The number of rotatable bonds is 11. The maximum Gasteiger partial charge on any atom is 0.192 e. The molecule has 8 unspecified atom stereocenters. The predicted molar refractivity (Wildman–Crippen MR) is 158 cm³/mol. The normalized spacial score (nSPS) is 29.6. The van der Waals surface area contributed by atoms with E-state index in [4.69, 9.17) is 18.9 Å². The Balaban J connectivity index is 1.21. The number of nitrogens with zero attached hydrogens (tertiary/aromatic N) is 1. The van der Waals surface area contributed by atoms with Crippen LogP contribution in [0.2, 0.25) is 0 Å². The number of aliphatic imine (C=N–C) groups is 1. The molecule has 0 bridgehead atoms. The molecule has 12 heteroatoms. The average molecular weight is 614 g/mol. The van der Waals surface area contributed by atoms with E-state index in [0.29, 0.717) is 33.8 Å². The Morgan fingerprint density at radius 1 is 1.20 bits per heavy atom. The van der Waals surface area contributed by atoms with E-state index in [1.165, 1.54) is 6.07 Å². The van der Waals surface area contributed by atoms with Crippen LogP contribution < -0.4 is 15.1 Å². The number of nitrogens with one attached hydrogen (secondary N) is 1. The van der Waals surface area contributed by atoms with Crippen molar-refractivity contribution in [2.24, 2.45) is 10.9 Å². The first-order valence-electron chi connectivity index (χ1n) is 15.2. The van der Waals surface area contributed by atoms with Gasteiger partial charge in [0.25, 0.3) is 0 Å². The van der Waals surface area contributed by atoms with Crippen molar-refractivity contribution in [1.29, 1.82) is 0 Å². The molecule has 0 amide bonds. The molecule has 0 radical (unpaired) electrons. The van der Waals surface area contributed by atoms with E-state index < -0.39 is 48.8 Å². The molecule has 1 saturated carbocycles. The fourth-order valence-corrected chi connectivity index (χ4v) is 7.11. The van der Waals surface area contributed by atoms with Crippen molar-refractivity contribution in [2.45, 2.75) is 87.6 Å². The predicted octanol–water partition coefficient (Wildman–Crippen LogP) is -0.143. The standard InChI is InChI=1S/C32H40N2O10/c1-18-11-24(36)21-12-19-13-29(31(2,20-5-3-4-6-20)43-26(19)14-27(21)42-18)44-41-16-28(38)32(40,30(39)25(37)15-35)17-34-10-8-22-23(34)7-9-33-22/h7-12,14,20,23,25,28-30,35,37-40H,3-6,13,15-17H2,1-2H3/p+1. The molecule has 12 nitrogen and oxygen atoms in total. The number of benzene rings is 1. The zero-order chi connectivity index (χ0) is 31.2. The SMILES string of the molecule is Cc1cc(=O)c2cc3c(cc2o1)OC(C)(C1CCCC1)C(OOCC(O)C(O)(C[NH+]1C=CC2=NC=CC21)C(O)C(O)CO)C3. The third-order valence-electron chi connectivity index (χ3n) is 9.80.